The minimum atomic E-state index is -0.463. The first-order chi connectivity index (χ1) is 9.61. The van der Waals surface area contributed by atoms with Crippen molar-refractivity contribution in [3.8, 4) is 0 Å². The number of hydrogen-bond donors (Lipinski definition) is 0. The van der Waals surface area contributed by atoms with Gasteiger partial charge in [0.25, 0.3) is 0 Å². The zero-order valence-electron chi connectivity index (χ0n) is 11.2. The topological polar surface area (TPSA) is 59.8 Å². The summed E-state index contributed by atoms with van der Waals surface area (Å²) in [5, 5.41) is 0. The Morgan fingerprint density at radius 2 is 2.35 bits per heavy atom. The van der Waals surface area contributed by atoms with E-state index in [-0.39, 0.29) is 11.9 Å². The smallest absolute Gasteiger partial charge is 0.328 e. The Morgan fingerprint density at radius 1 is 1.55 bits per heavy atom. The monoisotopic (exact) mass is 341 g/mol. The zero-order valence-corrected chi connectivity index (χ0v) is 12.8. The molecule has 0 radical (unpaired) electrons. The summed E-state index contributed by atoms with van der Waals surface area (Å²) in [4.78, 5) is 25.4. The molecule has 1 aliphatic rings. The predicted octanol–water partition coefficient (Wildman–Crippen LogP) is 2.61. The number of furan rings is 1. The molecule has 0 spiro atoms. The fourth-order valence-electron chi connectivity index (χ4n) is 2.18. The molecule has 0 aliphatic carbocycles. The first-order valence-corrected chi connectivity index (χ1v) is 7.31. The number of halogens is 1. The fourth-order valence-corrected chi connectivity index (χ4v) is 2.50. The lowest BCUT2D eigenvalue weighted by Crippen LogP contribution is -2.40. The number of esters is 1. The summed E-state index contributed by atoms with van der Waals surface area (Å²) in [5.41, 5.74) is 0. The third kappa shape index (κ3) is 3.50. The third-order valence-corrected chi connectivity index (χ3v) is 3.50. The maximum absolute atomic E-state index is 12.1. The normalized spacial score (nSPS) is 18.7. The highest BCUT2D eigenvalue weighted by atomic mass is 79.9. The number of hydrogen-bond acceptors (Lipinski definition) is 4. The van der Waals surface area contributed by atoms with Crippen LogP contribution < -0.4 is 0 Å². The second kappa shape index (κ2) is 6.74. The lowest BCUT2D eigenvalue weighted by molar-refractivity contribution is -0.151. The number of likely N-dealkylation sites (tertiary alicyclic amines) is 1. The minimum Gasteiger partial charge on any atom is -0.464 e. The van der Waals surface area contributed by atoms with Crippen molar-refractivity contribution in [3.05, 3.63) is 28.6 Å². The molecule has 1 atom stereocenters. The van der Waals surface area contributed by atoms with Gasteiger partial charge in [-0.1, -0.05) is 0 Å². The van der Waals surface area contributed by atoms with Gasteiger partial charge in [0.2, 0.25) is 5.91 Å². The van der Waals surface area contributed by atoms with Gasteiger partial charge in [-0.25, -0.2) is 4.79 Å². The van der Waals surface area contributed by atoms with Gasteiger partial charge < -0.3 is 14.1 Å². The Balaban J connectivity index is 2.00. The number of ether oxygens (including phenoxy) is 1. The van der Waals surface area contributed by atoms with Crippen LogP contribution in [0.5, 0.6) is 0 Å². The summed E-state index contributed by atoms with van der Waals surface area (Å²) in [6.45, 7) is 2.66. The third-order valence-electron chi connectivity index (χ3n) is 3.08. The van der Waals surface area contributed by atoms with Gasteiger partial charge in [0.1, 0.15) is 11.8 Å². The van der Waals surface area contributed by atoms with Crippen LogP contribution in [-0.4, -0.2) is 36.0 Å². The van der Waals surface area contributed by atoms with E-state index in [1.54, 1.807) is 30.0 Å². The summed E-state index contributed by atoms with van der Waals surface area (Å²) in [7, 11) is 0. The predicted molar refractivity (Wildman–Crippen MR) is 76.8 cm³/mol. The summed E-state index contributed by atoms with van der Waals surface area (Å²) < 4.78 is 10.9. The SMILES string of the molecule is CCOC(=O)C1CCCN1C(=O)C=Cc1ccc(Br)o1. The molecular weight excluding hydrogens is 326 g/mol. The lowest BCUT2D eigenvalue weighted by atomic mass is 10.2. The van der Waals surface area contributed by atoms with Crippen LogP contribution in [0.25, 0.3) is 6.08 Å². The molecule has 1 amide bonds. The van der Waals surface area contributed by atoms with E-state index in [1.807, 2.05) is 0 Å². The van der Waals surface area contributed by atoms with Gasteiger partial charge in [-0.3, -0.25) is 4.79 Å². The summed E-state index contributed by atoms with van der Waals surface area (Å²) in [5.74, 6) is 0.0534. The highest BCUT2D eigenvalue weighted by Gasteiger charge is 2.34. The Morgan fingerprint density at radius 3 is 3.00 bits per heavy atom. The molecule has 5 nitrogen and oxygen atoms in total. The standard InChI is InChI=1S/C14H16BrNO4/c1-2-19-14(18)11-4-3-9-16(11)13(17)8-6-10-5-7-12(15)20-10/h5-8,11H,2-4,9H2,1H3. The summed E-state index contributed by atoms with van der Waals surface area (Å²) in [6.07, 6.45) is 4.48. The van der Waals surface area contributed by atoms with Gasteiger partial charge in [-0.2, -0.15) is 0 Å². The van der Waals surface area contributed by atoms with Crippen LogP contribution in [0, 0.1) is 0 Å². The number of nitrogens with zero attached hydrogens (tertiary/aromatic N) is 1. The fraction of sp³-hybridized carbons (Fsp3) is 0.429. The Labute approximate surface area is 125 Å². The van der Waals surface area contributed by atoms with E-state index in [0.717, 1.165) is 6.42 Å². The van der Waals surface area contributed by atoms with Crippen molar-refractivity contribution in [1.29, 1.82) is 0 Å². The van der Waals surface area contributed by atoms with Gasteiger partial charge >= 0.3 is 5.97 Å². The van der Waals surface area contributed by atoms with Crippen LogP contribution in [0.4, 0.5) is 0 Å². The average Bonchev–Trinajstić information content (AvgIpc) is 3.05. The first kappa shape index (κ1) is 14.8. The molecule has 1 saturated heterocycles. The van der Waals surface area contributed by atoms with E-state index in [0.29, 0.717) is 30.0 Å². The van der Waals surface area contributed by atoms with Crippen molar-refractivity contribution in [2.75, 3.05) is 13.2 Å². The molecule has 2 heterocycles. The maximum Gasteiger partial charge on any atom is 0.328 e. The van der Waals surface area contributed by atoms with Crippen LogP contribution in [-0.2, 0) is 14.3 Å². The molecule has 0 aromatic carbocycles. The molecule has 6 heteroatoms. The summed E-state index contributed by atoms with van der Waals surface area (Å²) in [6, 6.07) is 3.04. The molecule has 0 bridgehead atoms. The van der Waals surface area contributed by atoms with E-state index >= 15 is 0 Å². The Bertz CT molecular complexity index is 523. The van der Waals surface area contributed by atoms with E-state index in [2.05, 4.69) is 15.9 Å². The molecule has 0 N–H and O–H groups in total. The minimum absolute atomic E-state index is 0.201. The van der Waals surface area contributed by atoms with E-state index in [9.17, 15) is 9.59 Å². The van der Waals surface area contributed by atoms with Gasteiger partial charge in [-0.05, 0) is 53.9 Å². The average molecular weight is 342 g/mol. The Kier molecular flexibility index (Phi) is 5.00. The van der Waals surface area contributed by atoms with E-state index in [4.69, 9.17) is 9.15 Å². The van der Waals surface area contributed by atoms with E-state index in [1.165, 1.54) is 6.08 Å². The van der Waals surface area contributed by atoms with Crippen molar-refractivity contribution in [1.82, 2.24) is 4.90 Å². The van der Waals surface area contributed by atoms with E-state index < -0.39 is 6.04 Å². The molecule has 20 heavy (non-hydrogen) atoms. The molecule has 1 aromatic heterocycles. The first-order valence-electron chi connectivity index (χ1n) is 6.52. The molecule has 108 valence electrons. The second-order valence-corrected chi connectivity index (χ2v) is 5.20. The number of rotatable bonds is 4. The molecule has 1 fully saturated rings. The summed E-state index contributed by atoms with van der Waals surface area (Å²) >= 11 is 3.19. The van der Waals surface area contributed by atoms with Crippen LogP contribution in [0.1, 0.15) is 25.5 Å². The molecule has 1 aromatic rings. The maximum atomic E-state index is 12.1. The molecule has 1 aliphatic heterocycles. The number of amides is 1. The van der Waals surface area contributed by atoms with Crippen LogP contribution in [0.2, 0.25) is 0 Å². The molecule has 2 rings (SSSR count). The molecular formula is C14H16BrNO4. The molecule has 1 unspecified atom stereocenters. The van der Waals surface area contributed by atoms with Gasteiger partial charge in [0.05, 0.1) is 6.61 Å². The van der Waals surface area contributed by atoms with Crippen LogP contribution in [0.15, 0.2) is 27.3 Å². The Hall–Kier alpha value is -1.56. The number of carbonyl (C=O) groups excluding carboxylic acids is 2. The van der Waals surface area contributed by atoms with Gasteiger partial charge in [-0.15, -0.1) is 0 Å². The van der Waals surface area contributed by atoms with Crippen molar-refractivity contribution in [3.63, 3.8) is 0 Å². The zero-order chi connectivity index (χ0) is 14.5. The lowest BCUT2D eigenvalue weighted by Gasteiger charge is -2.21. The van der Waals surface area contributed by atoms with Crippen molar-refractivity contribution < 1.29 is 18.7 Å². The van der Waals surface area contributed by atoms with Gasteiger partial charge in [0.15, 0.2) is 4.67 Å². The van der Waals surface area contributed by atoms with Gasteiger partial charge in [0, 0.05) is 12.6 Å². The number of carbonyl (C=O) groups is 2. The highest BCUT2D eigenvalue weighted by molar-refractivity contribution is 9.10. The van der Waals surface area contributed by atoms with Crippen LogP contribution >= 0.6 is 15.9 Å². The van der Waals surface area contributed by atoms with Crippen LogP contribution in [0.3, 0.4) is 0 Å². The quantitative estimate of drug-likeness (QED) is 0.623. The van der Waals surface area contributed by atoms with Crippen molar-refractivity contribution >= 4 is 33.9 Å². The highest BCUT2D eigenvalue weighted by Crippen LogP contribution is 2.20. The second-order valence-electron chi connectivity index (χ2n) is 4.42. The molecule has 0 saturated carbocycles. The van der Waals surface area contributed by atoms with Crippen molar-refractivity contribution in [2.24, 2.45) is 0 Å². The van der Waals surface area contributed by atoms with Crippen molar-refractivity contribution in [2.45, 2.75) is 25.8 Å². The largest absolute Gasteiger partial charge is 0.464 e.